The highest BCUT2D eigenvalue weighted by molar-refractivity contribution is 5.69. The van der Waals surface area contributed by atoms with E-state index in [9.17, 15) is 9.90 Å². The molecule has 1 rings (SSSR count). The fourth-order valence-electron chi connectivity index (χ4n) is 1.37. The predicted octanol–water partition coefficient (Wildman–Crippen LogP) is 0.485. The number of carbonyl (C=O) groups excluding carboxylic acids is 1. The molecule has 0 radical (unpaired) electrons. The summed E-state index contributed by atoms with van der Waals surface area (Å²) in [6.07, 6.45) is 3.60. The molecule has 5 nitrogen and oxygen atoms in total. The van der Waals surface area contributed by atoms with Crippen molar-refractivity contribution < 1.29 is 14.6 Å². The van der Waals surface area contributed by atoms with Gasteiger partial charge in [-0.1, -0.05) is 6.07 Å². The molecule has 94 valence electrons. The van der Waals surface area contributed by atoms with Gasteiger partial charge in [-0.3, -0.25) is 9.78 Å². The monoisotopic (exact) mass is 238 g/mol. The van der Waals surface area contributed by atoms with Gasteiger partial charge >= 0.3 is 5.97 Å². The lowest BCUT2D eigenvalue weighted by molar-refractivity contribution is -0.141. The van der Waals surface area contributed by atoms with Crippen molar-refractivity contribution in [2.45, 2.75) is 25.5 Å². The second-order valence-electron chi connectivity index (χ2n) is 3.76. The second-order valence-corrected chi connectivity index (χ2v) is 3.76. The number of aliphatic hydroxyl groups is 1. The van der Waals surface area contributed by atoms with Gasteiger partial charge in [0.1, 0.15) is 0 Å². The molecule has 1 aromatic heterocycles. The Bertz CT molecular complexity index is 330. The molecule has 5 heteroatoms. The largest absolute Gasteiger partial charge is 0.469 e. The number of rotatable bonds is 7. The van der Waals surface area contributed by atoms with Gasteiger partial charge in [-0.15, -0.1) is 0 Å². The summed E-state index contributed by atoms with van der Waals surface area (Å²) in [7, 11) is 1.34. The lowest BCUT2D eigenvalue weighted by atomic mass is 10.2. The van der Waals surface area contributed by atoms with Gasteiger partial charge in [0.15, 0.2) is 0 Å². The number of hydrogen-bond acceptors (Lipinski definition) is 5. The van der Waals surface area contributed by atoms with E-state index < -0.39 is 6.10 Å². The zero-order valence-corrected chi connectivity index (χ0v) is 9.93. The summed E-state index contributed by atoms with van der Waals surface area (Å²) in [6.45, 7) is 1.11. The van der Waals surface area contributed by atoms with Crippen LogP contribution >= 0.6 is 0 Å². The predicted molar refractivity (Wildman–Crippen MR) is 63.2 cm³/mol. The Balaban J connectivity index is 2.12. The van der Waals surface area contributed by atoms with E-state index in [2.05, 4.69) is 15.0 Å². The Hall–Kier alpha value is -1.46. The van der Waals surface area contributed by atoms with E-state index in [-0.39, 0.29) is 12.4 Å². The average molecular weight is 238 g/mol. The summed E-state index contributed by atoms with van der Waals surface area (Å²) in [5.74, 6) is -0.295. The van der Waals surface area contributed by atoms with Crippen molar-refractivity contribution in [1.82, 2.24) is 10.3 Å². The Kier molecular flexibility index (Phi) is 6.21. The number of aromatic nitrogens is 1. The van der Waals surface area contributed by atoms with Crippen molar-refractivity contribution in [3.05, 3.63) is 30.1 Å². The average Bonchev–Trinajstić information content (AvgIpc) is 2.37. The van der Waals surface area contributed by atoms with E-state index in [0.29, 0.717) is 19.5 Å². The highest BCUT2D eigenvalue weighted by Crippen LogP contribution is 1.99. The first-order valence-corrected chi connectivity index (χ1v) is 5.57. The molecule has 0 spiro atoms. The molecule has 0 aromatic carbocycles. The van der Waals surface area contributed by atoms with Crippen LogP contribution in [0.15, 0.2) is 24.5 Å². The maximum atomic E-state index is 10.8. The van der Waals surface area contributed by atoms with Crippen molar-refractivity contribution in [2.75, 3.05) is 13.7 Å². The van der Waals surface area contributed by atoms with E-state index in [4.69, 9.17) is 0 Å². The molecular formula is C12H18N2O3. The molecule has 2 N–H and O–H groups in total. The third-order valence-electron chi connectivity index (χ3n) is 2.34. The SMILES string of the molecule is COC(=O)CCC(O)CNCc1cccnc1. The van der Waals surface area contributed by atoms with Crippen LogP contribution in [-0.4, -0.2) is 35.8 Å². The third-order valence-corrected chi connectivity index (χ3v) is 2.34. The summed E-state index contributed by atoms with van der Waals surface area (Å²) in [4.78, 5) is 14.8. The lowest BCUT2D eigenvalue weighted by Crippen LogP contribution is -2.27. The number of methoxy groups -OCH3 is 1. The molecule has 17 heavy (non-hydrogen) atoms. The minimum absolute atomic E-state index is 0.242. The van der Waals surface area contributed by atoms with Crippen molar-refractivity contribution in [2.24, 2.45) is 0 Å². The Morgan fingerprint density at radius 3 is 3.12 bits per heavy atom. The number of carbonyl (C=O) groups is 1. The van der Waals surface area contributed by atoms with Crippen molar-refractivity contribution in [3.8, 4) is 0 Å². The van der Waals surface area contributed by atoms with E-state index in [1.54, 1.807) is 12.4 Å². The molecular weight excluding hydrogens is 220 g/mol. The molecule has 0 saturated carbocycles. The topological polar surface area (TPSA) is 71.5 Å². The molecule has 1 atom stereocenters. The van der Waals surface area contributed by atoms with Gasteiger partial charge in [-0.25, -0.2) is 0 Å². The fraction of sp³-hybridized carbons (Fsp3) is 0.500. The van der Waals surface area contributed by atoms with Crippen LogP contribution in [0.4, 0.5) is 0 Å². The smallest absolute Gasteiger partial charge is 0.305 e. The quantitative estimate of drug-likeness (QED) is 0.676. The summed E-state index contributed by atoms with van der Waals surface area (Å²) < 4.78 is 4.50. The number of ether oxygens (including phenoxy) is 1. The summed E-state index contributed by atoms with van der Waals surface area (Å²) in [6, 6.07) is 3.82. The number of pyridine rings is 1. The molecule has 1 unspecified atom stereocenters. The number of esters is 1. The van der Waals surface area contributed by atoms with Gasteiger partial charge in [0.05, 0.1) is 13.2 Å². The van der Waals surface area contributed by atoms with Gasteiger partial charge in [-0.05, 0) is 18.1 Å². The van der Waals surface area contributed by atoms with Crippen LogP contribution in [0.3, 0.4) is 0 Å². The van der Waals surface area contributed by atoms with Crippen molar-refractivity contribution >= 4 is 5.97 Å². The standard InChI is InChI=1S/C12H18N2O3/c1-17-12(16)5-4-11(15)9-14-8-10-3-2-6-13-7-10/h2-3,6-7,11,14-15H,4-5,8-9H2,1H3. The fourth-order valence-corrected chi connectivity index (χ4v) is 1.37. The van der Waals surface area contributed by atoms with Crippen molar-refractivity contribution in [3.63, 3.8) is 0 Å². The van der Waals surface area contributed by atoms with Gasteiger partial charge in [0.2, 0.25) is 0 Å². The van der Waals surface area contributed by atoms with Crippen LogP contribution in [0.1, 0.15) is 18.4 Å². The highest BCUT2D eigenvalue weighted by Gasteiger charge is 2.07. The third kappa shape index (κ3) is 5.99. The molecule has 0 bridgehead atoms. The number of nitrogens with one attached hydrogen (secondary N) is 1. The Labute approximate surface area is 101 Å². The summed E-state index contributed by atoms with van der Waals surface area (Å²) >= 11 is 0. The van der Waals surface area contributed by atoms with Gasteiger partial charge in [-0.2, -0.15) is 0 Å². The maximum absolute atomic E-state index is 10.8. The zero-order chi connectivity index (χ0) is 12.5. The van der Waals surface area contributed by atoms with Crippen LogP contribution in [0.5, 0.6) is 0 Å². The van der Waals surface area contributed by atoms with Crippen LogP contribution < -0.4 is 5.32 Å². The van der Waals surface area contributed by atoms with Crippen LogP contribution in [0.25, 0.3) is 0 Å². The molecule has 0 amide bonds. The minimum atomic E-state index is -0.536. The second kappa shape index (κ2) is 7.76. The maximum Gasteiger partial charge on any atom is 0.305 e. The normalized spacial score (nSPS) is 12.1. The van der Waals surface area contributed by atoms with Crippen LogP contribution in [0, 0.1) is 0 Å². The van der Waals surface area contributed by atoms with Gasteiger partial charge < -0.3 is 15.2 Å². The Morgan fingerprint density at radius 1 is 1.65 bits per heavy atom. The number of aliphatic hydroxyl groups excluding tert-OH is 1. The Morgan fingerprint density at radius 2 is 2.47 bits per heavy atom. The van der Waals surface area contributed by atoms with E-state index in [0.717, 1.165) is 5.56 Å². The molecule has 0 saturated heterocycles. The molecule has 1 heterocycles. The van der Waals surface area contributed by atoms with E-state index >= 15 is 0 Å². The van der Waals surface area contributed by atoms with Crippen molar-refractivity contribution in [1.29, 1.82) is 0 Å². The highest BCUT2D eigenvalue weighted by atomic mass is 16.5. The van der Waals surface area contributed by atoms with Gasteiger partial charge in [0, 0.05) is 31.9 Å². The van der Waals surface area contributed by atoms with E-state index in [1.165, 1.54) is 7.11 Å². The summed E-state index contributed by atoms with van der Waals surface area (Å²) in [5.41, 5.74) is 1.06. The molecule has 0 fully saturated rings. The molecule has 1 aromatic rings. The zero-order valence-electron chi connectivity index (χ0n) is 9.93. The first-order valence-electron chi connectivity index (χ1n) is 5.57. The van der Waals surface area contributed by atoms with Gasteiger partial charge in [0.25, 0.3) is 0 Å². The van der Waals surface area contributed by atoms with Crippen LogP contribution in [-0.2, 0) is 16.1 Å². The van der Waals surface area contributed by atoms with Crippen LogP contribution in [0.2, 0.25) is 0 Å². The lowest BCUT2D eigenvalue weighted by Gasteiger charge is -2.10. The first kappa shape index (κ1) is 13.6. The first-order chi connectivity index (χ1) is 8.22. The minimum Gasteiger partial charge on any atom is -0.469 e. The molecule has 0 aliphatic heterocycles. The number of hydrogen-bond donors (Lipinski definition) is 2. The summed E-state index contributed by atoms with van der Waals surface area (Å²) in [5, 5.41) is 12.7. The molecule has 0 aliphatic carbocycles. The number of nitrogens with zero attached hydrogens (tertiary/aromatic N) is 1. The van der Waals surface area contributed by atoms with E-state index in [1.807, 2.05) is 12.1 Å². The molecule has 0 aliphatic rings.